The minimum Gasteiger partial charge on any atom is -0.447 e. The summed E-state index contributed by atoms with van der Waals surface area (Å²) in [6.45, 7) is 3.88. The average molecular weight is 456 g/mol. The lowest BCUT2D eigenvalue weighted by atomic mass is 9.83. The van der Waals surface area contributed by atoms with E-state index in [2.05, 4.69) is 21.8 Å². The predicted molar refractivity (Wildman–Crippen MR) is 124 cm³/mol. The Kier molecular flexibility index (Phi) is 7.09. The number of morpholine rings is 1. The number of aliphatic hydroxyl groups is 1. The summed E-state index contributed by atoms with van der Waals surface area (Å²) in [5.41, 5.74) is 0.636. The molecule has 1 aliphatic heterocycles. The highest BCUT2D eigenvalue weighted by atomic mass is 16.5. The molecule has 1 atom stereocenters. The Balaban J connectivity index is 1.75. The zero-order chi connectivity index (χ0) is 23.4. The van der Waals surface area contributed by atoms with Crippen LogP contribution in [0.25, 0.3) is 11.4 Å². The molecule has 2 heterocycles. The number of anilines is 1. The average Bonchev–Trinajstić information content (AvgIpc) is 2.84. The summed E-state index contributed by atoms with van der Waals surface area (Å²) < 4.78 is 12.0. The van der Waals surface area contributed by atoms with Gasteiger partial charge in [-0.15, -0.1) is 0 Å². The van der Waals surface area contributed by atoms with Crippen molar-refractivity contribution in [1.82, 2.24) is 19.9 Å². The van der Waals surface area contributed by atoms with Crippen LogP contribution in [-0.4, -0.2) is 76.4 Å². The summed E-state index contributed by atoms with van der Waals surface area (Å²) in [6.07, 6.45) is 4.21. The molecule has 0 unspecified atom stereocenters. The van der Waals surface area contributed by atoms with Crippen LogP contribution in [-0.2, 0) is 16.1 Å². The van der Waals surface area contributed by atoms with Gasteiger partial charge in [0.15, 0.2) is 11.4 Å². The molecule has 0 bridgehead atoms. The summed E-state index contributed by atoms with van der Waals surface area (Å²) in [6, 6.07) is 7.70. The number of hydrogen-bond donors (Lipinski definition) is 1. The standard InChI is InChI=1S/C24H33N5O4/c1-17-16-32-14-13-29(17)22-25-20(19-9-7-18(15-30)8-10-19)26-23(27-22)33-24(21(31)28(2)3)11-5-4-6-12-24/h7-10,17,30H,4-6,11-16H2,1-3H3/t17-/m0/s1. The summed E-state index contributed by atoms with van der Waals surface area (Å²) in [5.74, 6) is 0.930. The Labute approximate surface area is 194 Å². The van der Waals surface area contributed by atoms with Crippen molar-refractivity contribution in [3.63, 3.8) is 0 Å². The molecule has 178 valence electrons. The largest absolute Gasteiger partial charge is 0.447 e. The van der Waals surface area contributed by atoms with Gasteiger partial charge >= 0.3 is 6.01 Å². The lowest BCUT2D eigenvalue weighted by Gasteiger charge is -2.37. The van der Waals surface area contributed by atoms with Gasteiger partial charge in [-0.2, -0.15) is 15.0 Å². The van der Waals surface area contributed by atoms with Crippen LogP contribution in [0.2, 0.25) is 0 Å². The highest BCUT2D eigenvalue weighted by Crippen LogP contribution is 2.34. The Morgan fingerprint density at radius 1 is 1.18 bits per heavy atom. The number of carbonyl (C=O) groups excluding carboxylic acids is 1. The van der Waals surface area contributed by atoms with E-state index in [9.17, 15) is 9.90 Å². The predicted octanol–water partition coefficient (Wildman–Crippen LogP) is 2.43. The summed E-state index contributed by atoms with van der Waals surface area (Å²) >= 11 is 0. The second-order valence-electron chi connectivity index (χ2n) is 9.07. The van der Waals surface area contributed by atoms with Crippen LogP contribution in [0.4, 0.5) is 5.95 Å². The third kappa shape index (κ3) is 5.09. The topological polar surface area (TPSA) is 101 Å². The van der Waals surface area contributed by atoms with Gasteiger partial charge in [0.05, 0.1) is 25.9 Å². The maximum Gasteiger partial charge on any atom is 0.322 e. The molecule has 33 heavy (non-hydrogen) atoms. The molecule has 1 aromatic heterocycles. The van der Waals surface area contributed by atoms with Crippen molar-refractivity contribution in [2.75, 3.05) is 38.8 Å². The van der Waals surface area contributed by atoms with Gasteiger partial charge in [-0.25, -0.2) is 0 Å². The quantitative estimate of drug-likeness (QED) is 0.709. The van der Waals surface area contributed by atoms with Gasteiger partial charge < -0.3 is 24.4 Å². The first-order valence-corrected chi connectivity index (χ1v) is 11.6. The molecule has 2 fully saturated rings. The van der Waals surface area contributed by atoms with Crippen LogP contribution in [0.5, 0.6) is 6.01 Å². The highest BCUT2D eigenvalue weighted by molar-refractivity contribution is 5.85. The summed E-state index contributed by atoms with van der Waals surface area (Å²) in [5, 5.41) is 9.38. The molecule has 4 rings (SSSR count). The number of nitrogens with zero attached hydrogens (tertiary/aromatic N) is 5. The van der Waals surface area contributed by atoms with Crippen LogP contribution in [0.1, 0.15) is 44.6 Å². The number of aromatic nitrogens is 3. The number of hydrogen-bond acceptors (Lipinski definition) is 8. The number of amides is 1. The van der Waals surface area contributed by atoms with Gasteiger partial charge in [-0.3, -0.25) is 4.79 Å². The molecule has 1 amide bonds. The number of likely N-dealkylation sites (N-methyl/N-ethyl adjacent to an activating group) is 1. The van der Waals surface area contributed by atoms with E-state index >= 15 is 0 Å². The number of ether oxygens (including phenoxy) is 2. The molecule has 2 aliphatic rings. The zero-order valence-corrected chi connectivity index (χ0v) is 19.7. The minimum absolute atomic E-state index is 0.0302. The fourth-order valence-electron chi connectivity index (χ4n) is 4.50. The first-order valence-electron chi connectivity index (χ1n) is 11.6. The van der Waals surface area contributed by atoms with Gasteiger partial charge in [0.25, 0.3) is 5.91 Å². The molecule has 1 aromatic carbocycles. The first-order chi connectivity index (χ1) is 15.9. The monoisotopic (exact) mass is 455 g/mol. The normalized spacial score (nSPS) is 20.4. The highest BCUT2D eigenvalue weighted by Gasteiger charge is 2.44. The van der Waals surface area contributed by atoms with E-state index in [0.717, 1.165) is 30.4 Å². The van der Waals surface area contributed by atoms with E-state index in [0.29, 0.717) is 44.4 Å². The summed E-state index contributed by atoms with van der Waals surface area (Å²) in [4.78, 5) is 30.9. The number of rotatable bonds is 6. The smallest absolute Gasteiger partial charge is 0.322 e. The number of carbonyl (C=O) groups is 1. The van der Waals surface area contributed by atoms with Crippen LogP contribution in [0, 0.1) is 0 Å². The first kappa shape index (κ1) is 23.4. The Morgan fingerprint density at radius 3 is 2.55 bits per heavy atom. The van der Waals surface area contributed by atoms with Gasteiger partial charge in [-0.1, -0.05) is 30.7 Å². The maximum absolute atomic E-state index is 13.2. The van der Waals surface area contributed by atoms with E-state index < -0.39 is 5.60 Å². The molecule has 0 spiro atoms. The summed E-state index contributed by atoms with van der Waals surface area (Å²) in [7, 11) is 3.51. The number of aliphatic hydroxyl groups excluding tert-OH is 1. The lowest BCUT2D eigenvalue weighted by Crippen LogP contribution is -2.52. The molecular weight excluding hydrogens is 422 g/mol. The molecule has 0 radical (unpaired) electrons. The van der Waals surface area contributed by atoms with Gasteiger partial charge in [-0.05, 0) is 38.2 Å². The molecule has 1 aliphatic carbocycles. The third-order valence-electron chi connectivity index (χ3n) is 6.37. The van der Waals surface area contributed by atoms with E-state index in [-0.39, 0.29) is 24.6 Å². The third-order valence-corrected chi connectivity index (χ3v) is 6.37. The van der Waals surface area contributed by atoms with E-state index in [1.54, 1.807) is 19.0 Å². The van der Waals surface area contributed by atoms with Crippen molar-refractivity contribution in [3.05, 3.63) is 29.8 Å². The fourth-order valence-corrected chi connectivity index (χ4v) is 4.50. The van der Waals surface area contributed by atoms with Crippen molar-refractivity contribution in [3.8, 4) is 17.4 Å². The zero-order valence-electron chi connectivity index (χ0n) is 19.7. The Morgan fingerprint density at radius 2 is 1.91 bits per heavy atom. The minimum atomic E-state index is -0.963. The van der Waals surface area contributed by atoms with Gasteiger partial charge in [0.1, 0.15) is 0 Å². The molecule has 1 saturated carbocycles. The molecule has 9 nitrogen and oxygen atoms in total. The van der Waals surface area contributed by atoms with Gasteiger partial charge in [0, 0.05) is 26.2 Å². The molecule has 1 N–H and O–H groups in total. The van der Waals surface area contributed by atoms with Crippen LogP contribution in [0.15, 0.2) is 24.3 Å². The second kappa shape index (κ2) is 10.0. The Bertz CT molecular complexity index is 960. The van der Waals surface area contributed by atoms with E-state index in [1.807, 2.05) is 24.3 Å². The number of benzene rings is 1. The Hall–Kier alpha value is -2.78. The van der Waals surface area contributed by atoms with Crippen molar-refractivity contribution in [2.24, 2.45) is 0 Å². The van der Waals surface area contributed by atoms with Crippen molar-refractivity contribution in [2.45, 2.75) is 57.3 Å². The van der Waals surface area contributed by atoms with E-state index in [1.165, 1.54) is 0 Å². The SMILES string of the molecule is C[C@H]1COCCN1c1nc(OC2(C(=O)N(C)C)CCCCC2)nc(-c2ccc(CO)cc2)n1. The second-order valence-corrected chi connectivity index (χ2v) is 9.07. The van der Waals surface area contributed by atoms with E-state index in [4.69, 9.17) is 14.5 Å². The fraction of sp³-hybridized carbons (Fsp3) is 0.583. The molecular formula is C24H33N5O4. The molecule has 9 heteroatoms. The maximum atomic E-state index is 13.2. The van der Waals surface area contributed by atoms with Crippen molar-refractivity contribution < 1.29 is 19.4 Å². The van der Waals surface area contributed by atoms with Crippen molar-refractivity contribution in [1.29, 1.82) is 0 Å². The van der Waals surface area contributed by atoms with Crippen LogP contribution in [0.3, 0.4) is 0 Å². The van der Waals surface area contributed by atoms with Crippen molar-refractivity contribution >= 4 is 11.9 Å². The van der Waals surface area contributed by atoms with Crippen LogP contribution >= 0.6 is 0 Å². The lowest BCUT2D eigenvalue weighted by molar-refractivity contribution is -0.149. The van der Waals surface area contributed by atoms with Gasteiger partial charge in [0.2, 0.25) is 5.95 Å². The molecule has 1 saturated heterocycles. The molecule has 2 aromatic rings. The van der Waals surface area contributed by atoms with Crippen LogP contribution < -0.4 is 9.64 Å².